The fraction of sp³-hybridized carbons (Fsp3) is 0.645. The van der Waals surface area contributed by atoms with Gasteiger partial charge in [-0.3, -0.25) is 4.79 Å². The molecule has 0 atom stereocenters. The highest BCUT2D eigenvalue weighted by Crippen LogP contribution is 2.19. The molecular formula is C31H48N2O2. The molecule has 0 saturated carbocycles. The smallest absolute Gasteiger partial charge is 0.311 e. The first-order chi connectivity index (χ1) is 17.2. The van der Waals surface area contributed by atoms with Crippen LogP contribution in [0.15, 0.2) is 36.7 Å². The first-order valence-corrected chi connectivity index (χ1v) is 14.3. The number of rotatable bonds is 20. The summed E-state index contributed by atoms with van der Waals surface area (Å²) in [5, 5.41) is 0. The maximum absolute atomic E-state index is 12.1. The van der Waals surface area contributed by atoms with Gasteiger partial charge in [0.1, 0.15) is 0 Å². The zero-order valence-corrected chi connectivity index (χ0v) is 22.4. The van der Waals surface area contributed by atoms with Gasteiger partial charge < -0.3 is 4.74 Å². The second-order valence-corrected chi connectivity index (χ2v) is 9.86. The van der Waals surface area contributed by atoms with Crippen LogP contribution in [0.2, 0.25) is 0 Å². The summed E-state index contributed by atoms with van der Waals surface area (Å²) < 4.78 is 5.41. The number of carbonyl (C=O) groups is 1. The summed E-state index contributed by atoms with van der Waals surface area (Å²) in [6, 6.07) is 8.53. The maximum Gasteiger partial charge on any atom is 0.311 e. The Morgan fingerprint density at radius 1 is 0.657 bits per heavy atom. The summed E-state index contributed by atoms with van der Waals surface area (Å²) in [6.07, 6.45) is 25.3. The first kappa shape index (κ1) is 29.0. The Morgan fingerprint density at radius 3 is 1.69 bits per heavy atom. The second-order valence-electron chi connectivity index (χ2n) is 9.86. The minimum Gasteiger partial charge on any atom is -0.423 e. The number of nitrogens with zero attached hydrogens (tertiary/aromatic N) is 2. The molecule has 1 aromatic heterocycles. The fourth-order valence-electron chi connectivity index (χ4n) is 4.39. The average molecular weight is 481 g/mol. The Bertz CT molecular complexity index is 787. The van der Waals surface area contributed by atoms with Gasteiger partial charge in [-0.25, -0.2) is 9.97 Å². The summed E-state index contributed by atoms with van der Waals surface area (Å²) >= 11 is 0. The molecule has 1 aromatic carbocycles. The largest absolute Gasteiger partial charge is 0.423 e. The molecule has 4 nitrogen and oxygen atoms in total. The minimum absolute atomic E-state index is 0.197. The zero-order valence-electron chi connectivity index (χ0n) is 22.4. The Balaban J connectivity index is 1.62. The van der Waals surface area contributed by atoms with Gasteiger partial charge in [0, 0.05) is 12.0 Å². The Labute approximate surface area is 214 Å². The summed E-state index contributed by atoms with van der Waals surface area (Å²) in [5.74, 6) is 0.883. The highest BCUT2D eigenvalue weighted by atomic mass is 16.5. The van der Waals surface area contributed by atoms with Crippen molar-refractivity contribution >= 4 is 5.97 Å². The van der Waals surface area contributed by atoms with Gasteiger partial charge in [0.15, 0.2) is 11.6 Å². The standard InChI is InChI=1S/C31H48N2O2/c1-3-5-7-9-11-13-15-17-19-27-21-23-28(24-22-27)31-32-25-29(26-33-31)35-30(34)20-18-16-14-12-10-8-6-4-2/h21-26H,3-20H2,1-2H3. The number of esters is 1. The fourth-order valence-corrected chi connectivity index (χ4v) is 4.39. The van der Waals surface area contributed by atoms with E-state index < -0.39 is 0 Å². The summed E-state index contributed by atoms with van der Waals surface area (Å²) in [4.78, 5) is 20.9. The molecule has 0 radical (unpaired) electrons. The zero-order chi connectivity index (χ0) is 25.0. The molecule has 0 aliphatic rings. The third kappa shape index (κ3) is 13.4. The molecule has 0 aliphatic heterocycles. The number of aromatic nitrogens is 2. The van der Waals surface area contributed by atoms with Crippen LogP contribution in [-0.2, 0) is 11.2 Å². The minimum atomic E-state index is -0.197. The lowest BCUT2D eigenvalue weighted by Gasteiger charge is -2.06. The van der Waals surface area contributed by atoms with Crippen molar-refractivity contribution in [2.75, 3.05) is 0 Å². The molecule has 0 aliphatic carbocycles. The maximum atomic E-state index is 12.1. The van der Waals surface area contributed by atoms with E-state index in [0.717, 1.165) is 24.8 Å². The Hall–Kier alpha value is -2.23. The molecule has 1 heterocycles. The lowest BCUT2D eigenvalue weighted by molar-refractivity contribution is -0.134. The van der Waals surface area contributed by atoms with E-state index in [1.165, 1.54) is 95.5 Å². The molecular weight excluding hydrogens is 432 g/mol. The molecule has 4 heteroatoms. The third-order valence-electron chi connectivity index (χ3n) is 6.63. The van der Waals surface area contributed by atoms with Crippen LogP contribution in [0.3, 0.4) is 0 Å². The number of benzene rings is 1. The second kappa shape index (κ2) is 19.0. The lowest BCUT2D eigenvalue weighted by Crippen LogP contribution is -2.08. The van der Waals surface area contributed by atoms with Gasteiger partial charge in [0.2, 0.25) is 0 Å². The number of hydrogen-bond donors (Lipinski definition) is 0. The molecule has 2 rings (SSSR count). The quantitative estimate of drug-likeness (QED) is 0.140. The van der Waals surface area contributed by atoms with Crippen molar-refractivity contribution in [3.63, 3.8) is 0 Å². The van der Waals surface area contributed by atoms with Crippen molar-refractivity contribution in [3.05, 3.63) is 42.2 Å². The van der Waals surface area contributed by atoms with E-state index in [4.69, 9.17) is 4.74 Å². The van der Waals surface area contributed by atoms with E-state index >= 15 is 0 Å². The van der Waals surface area contributed by atoms with E-state index in [-0.39, 0.29) is 5.97 Å². The number of ether oxygens (including phenoxy) is 1. The summed E-state index contributed by atoms with van der Waals surface area (Å²) in [6.45, 7) is 4.50. The molecule has 0 fully saturated rings. The third-order valence-corrected chi connectivity index (χ3v) is 6.63. The molecule has 0 N–H and O–H groups in total. The van der Waals surface area contributed by atoms with Crippen molar-refractivity contribution in [2.24, 2.45) is 0 Å². The molecule has 194 valence electrons. The van der Waals surface area contributed by atoms with Crippen LogP contribution < -0.4 is 4.74 Å². The van der Waals surface area contributed by atoms with Gasteiger partial charge in [-0.2, -0.15) is 0 Å². The molecule has 0 saturated heterocycles. The number of unbranched alkanes of at least 4 members (excludes halogenated alkanes) is 14. The van der Waals surface area contributed by atoms with E-state index in [0.29, 0.717) is 18.0 Å². The highest BCUT2D eigenvalue weighted by Gasteiger charge is 2.07. The predicted octanol–water partition coefficient (Wildman–Crippen LogP) is 9.26. The van der Waals surface area contributed by atoms with Crippen molar-refractivity contribution in [3.8, 4) is 17.1 Å². The van der Waals surface area contributed by atoms with Gasteiger partial charge in [-0.05, 0) is 24.8 Å². The van der Waals surface area contributed by atoms with Crippen molar-refractivity contribution < 1.29 is 9.53 Å². The van der Waals surface area contributed by atoms with Gasteiger partial charge in [-0.1, -0.05) is 128 Å². The molecule has 35 heavy (non-hydrogen) atoms. The molecule has 0 bridgehead atoms. The van der Waals surface area contributed by atoms with Gasteiger partial charge in [-0.15, -0.1) is 0 Å². The van der Waals surface area contributed by atoms with Crippen LogP contribution in [0.4, 0.5) is 0 Å². The van der Waals surface area contributed by atoms with E-state index in [1.807, 2.05) is 0 Å². The van der Waals surface area contributed by atoms with E-state index in [9.17, 15) is 4.79 Å². The Kier molecular flexibility index (Phi) is 15.8. The van der Waals surface area contributed by atoms with Crippen LogP contribution in [0.1, 0.15) is 129 Å². The monoisotopic (exact) mass is 480 g/mol. The van der Waals surface area contributed by atoms with Crippen LogP contribution in [0, 0.1) is 0 Å². The number of carbonyl (C=O) groups excluding carboxylic acids is 1. The molecule has 0 amide bonds. The van der Waals surface area contributed by atoms with Crippen molar-refractivity contribution in [1.82, 2.24) is 9.97 Å². The van der Waals surface area contributed by atoms with Crippen molar-refractivity contribution in [1.29, 1.82) is 0 Å². The van der Waals surface area contributed by atoms with Gasteiger partial charge >= 0.3 is 5.97 Å². The Morgan fingerprint density at radius 2 is 1.14 bits per heavy atom. The number of aryl methyl sites for hydroxylation is 1. The molecule has 0 unspecified atom stereocenters. The summed E-state index contributed by atoms with van der Waals surface area (Å²) in [7, 11) is 0. The normalized spacial score (nSPS) is 11.0. The lowest BCUT2D eigenvalue weighted by atomic mass is 10.0. The van der Waals surface area contributed by atoms with Gasteiger partial charge in [0.05, 0.1) is 12.4 Å². The molecule has 0 spiro atoms. The van der Waals surface area contributed by atoms with E-state index in [1.54, 1.807) is 12.4 Å². The average Bonchev–Trinajstić information content (AvgIpc) is 2.88. The number of hydrogen-bond acceptors (Lipinski definition) is 4. The highest BCUT2D eigenvalue weighted by molar-refractivity contribution is 5.72. The predicted molar refractivity (Wildman–Crippen MR) is 147 cm³/mol. The van der Waals surface area contributed by atoms with Crippen LogP contribution in [0.5, 0.6) is 5.75 Å². The van der Waals surface area contributed by atoms with Crippen LogP contribution >= 0.6 is 0 Å². The van der Waals surface area contributed by atoms with Crippen LogP contribution in [0.25, 0.3) is 11.4 Å². The first-order valence-electron chi connectivity index (χ1n) is 14.3. The van der Waals surface area contributed by atoms with Gasteiger partial charge in [0.25, 0.3) is 0 Å². The molecule has 2 aromatic rings. The topological polar surface area (TPSA) is 52.1 Å². The van der Waals surface area contributed by atoms with Crippen molar-refractivity contribution in [2.45, 2.75) is 129 Å². The van der Waals surface area contributed by atoms with E-state index in [2.05, 4.69) is 48.1 Å². The summed E-state index contributed by atoms with van der Waals surface area (Å²) in [5.41, 5.74) is 2.35. The SMILES string of the molecule is CCCCCCCCCCC(=O)Oc1cnc(-c2ccc(CCCCCCCCCC)cc2)nc1. The van der Waals surface area contributed by atoms with Crippen LogP contribution in [-0.4, -0.2) is 15.9 Å².